The predicted octanol–water partition coefficient (Wildman–Crippen LogP) is 0.716. The largest absolute Gasteiger partial charge is 0.459 e. The first-order chi connectivity index (χ1) is 20.3. The van der Waals surface area contributed by atoms with Crippen LogP contribution in [-0.2, 0) is 37.4 Å². The van der Waals surface area contributed by atoms with Gasteiger partial charge in [-0.1, -0.05) is 11.8 Å². The molecule has 6 N–H and O–H groups in total. The molecule has 2 aromatic heterocycles. The van der Waals surface area contributed by atoms with Gasteiger partial charge in [0, 0.05) is 12.9 Å². The Hall–Kier alpha value is -2.41. The van der Waals surface area contributed by atoms with Crippen molar-refractivity contribution in [2.24, 2.45) is 5.41 Å². The number of nitrogens with two attached hydrogens (primary N) is 1. The molecule has 5 atom stereocenters. The van der Waals surface area contributed by atoms with E-state index < -0.39 is 67.5 Å². The van der Waals surface area contributed by atoms with Crippen LogP contribution in [-0.4, -0.2) is 103 Å². The van der Waals surface area contributed by atoms with E-state index in [0.29, 0.717) is 0 Å². The summed E-state index contributed by atoms with van der Waals surface area (Å²) in [7, 11) is -2.78. The third-order valence-corrected chi connectivity index (χ3v) is 9.08. The quantitative estimate of drug-likeness (QED) is 0.106. The van der Waals surface area contributed by atoms with Gasteiger partial charge in [0.1, 0.15) is 30.0 Å². The summed E-state index contributed by atoms with van der Waals surface area (Å²) in [6.45, 7) is 8.64. The molecule has 248 valence electrons. The van der Waals surface area contributed by atoms with Gasteiger partial charge < -0.3 is 30.2 Å². The van der Waals surface area contributed by atoms with Gasteiger partial charge in [-0.2, -0.15) is 4.98 Å². The van der Waals surface area contributed by atoms with Crippen LogP contribution < -0.4 is 16.4 Å². The molecule has 3 heterocycles. The number of rotatable bonds is 14. The van der Waals surface area contributed by atoms with Crippen LogP contribution >= 0.6 is 19.5 Å². The smallest absolute Gasteiger partial charge is 0.406 e. The number of aromatic amines is 1. The summed E-state index contributed by atoms with van der Waals surface area (Å²) in [4.78, 5) is 47.4. The van der Waals surface area contributed by atoms with Crippen molar-refractivity contribution in [2.45, 2.75) is 71.2 Å². The molecule has 0 aromatic carbocycles. The highest BCUT2D eigenvalue weighted by atomic mass is 32.2. The van der Waals surface area contributed by atoms with E-state index in [1.807, 2.05) is 0 Å². The Kier molecular flexibility index (Phi) is 11.4. The Morgan fingerprint density at radius 2 is 1.98 bits per heavy atom. The minimum Gasteiger partial charge on any atom is -0.459 e. The van der Waals surface area contributed by atoms with Crippen molar-refractivity contribution in [3.05, 3.63) is 16.7 Å². The van der Waals surface area contributed by atoms with Crippen LogP contribution in [0.25, 0.3) is 11.2 Å². The molecule has 2 aromatic rings. The molecule has 0 radical (unpaired) electrons. The van der Waals surface area contributed by atoms with Gasteiger partial charge in [-0.15, -0.1) is 0 Å². The van der Waals surface area contributed by atoms with Gasteiger partial charge >= 0.3 is 13.7 Å². The molecule has 1 aliphatic rings. The van der Waals surface area contributed by atoms with Crippen molar-refractivity contribution in [3.63, 3.8) is 0 Å². The van der Waals surface area contributed by atoms with Crippen molar-refractivity contribution < 1.29 is 47.6 Å². The average molecular weight is 665 g/mol. The van der Waals surface area contributed by atoms with Crippen LogP contribution in [0, 0.1) is 5.41 Å². The number of thioether (sulfide) groups is 1. The Morgan fingerprint density at radius 3 is 2.61 bits per heavy atom. The van der Waals surface area contributed by atoms with Crippen molar-refractivity contribution >= 4 is 47.7 Å². The van der Waals surface area contributed by atoms with Gasteiger partial charge in [-0.3, -0.25) is 33.0 Å². The van der Waals surface area contributed by atoms with Gasteiger partial charge in [-0.05, 0) is 41.5 Å². The molecule has 0 spiro atoms. The van der Waals surface area contributed by atoms with Crippen LogP contribution in [0.1, 0.15) is 47.8 Å². The number of nitrogen functional groups attached to an aromatic ring is 1. The van der Waals surface area contributed by atoms with Crippen molar-refractivity contribution in [2.75, 3.05) is 45.0 Å². The summed E-state index contributed by atoms with van der Waals surface area (Å²) < 4.78 is 42.1. The topological polar surface area (TPSA) is 239 Å². The number of hydrogen-bond donors (Lipinski definition) is 5. The van der Waals surface area contributed by atoms with Crippen molar-refractivity contribution in [3.8, 4) is 0 Å². The Morgan fingerprint density at radius 1 is 1.30 bits per heavy atom. The van der Waals surface area contributed by atoms with Crippen molar-refractivity contribution in [1.29, 1.82) is 0 Å². The number of ether oxygens (including phenoxy) is 3. The second kappa shape index (κ2) is 13.9. The molecule has 19 heteroatoms. The second-order valence-electron chi connectivity index (χ2n) is 12.0. The van der Waals surface area contributed by atoms with Gasteiger partial charge in [-0.25, -0.2) is 14.6 Å². The monoisotopic (exact) mass is 664 g/mol. The normalized spacial score (nSPS) is 24.0. The molecule has 1 fully saturated rings. The lowest BCUT2D eigenvalue weighted by Crippen LogP contribution is -2.44. The minimum absolute atomic E-state index is 0.000880. The molecular formula is C25H41N6O11PS. The summed E-state index contributed by atoms with van der Waals surface area (Å²) in [5.41, 5.74) is 1.46. The van der Waals surface area contributed by atoms with Gasteiger partial charge in [0.25, 0.3) is 5.56 Å². The molecule has 0 amide bonds. The fourth-order valence-electron chi connectivity index (χ4n) is 4.24. The van der Waals surface area contributed by atoms with E-state index in [-0.39, 0.29) is 41.2 Å². The van der Waals surface area contributed by atoms with Crippen LogP contribution in [0.15, 0.2) is 11.1 Å². The van der Waals surface area contributed by atoms with E-state index in [4.69, 9.17) is 29.0 Å². The SMILES string of the molecule is COCC(C)(C)C(=O)SCCOP(=O)(NCC(=O)OC(C)(C)C)OC[C@H]1O[C@@H](n2cnc3c(=O)[nH]c(N)nc32)[C@](C)(O)[C@@H]1O. The predicted molar refractivity (Wildman–Crippen MR) is 160 cm³/mol. The number of H-pyrrole nitrogens is 1. The molecule has 44 heavy (non-hydrogen) atoms. The maximum Gasteiger partial charge on any atom is 0.406 e. The van der Waals surface area contributed by atoms with Crippen LogP contribution in [0.5, 0.6) is 0 Å². The molecule has 3 rings (SSSR count). The molecule has 1 saturated heterocycles. The van der Waals surface area contributed by atoms with Gasteiger partial charge in [0.15, 0.2) is 22.5 Å². The Bertz CT molecular complexity index is 1440. The van der Waals surface area contributed by atoms with Crippen LogP contribution in [0.4, 0.5) is 5.95 Å². The van der Waals surface area contributed by atoms with E-state index in [1.54, 1.807) is 34.6 Å². The number of carbonyl (C=O) groups excluding carboxylic acids is 2. The lowest BCUT2D eigenvalue weighted by Gasteiger charge is -2.27. The molecule has 0 bridgehead atoms. The number of carbonyl (C=O) groups is 2. The average Bonchev–Trinajstić information content (AvgIpc) is 3.41. The van der Waals surface area contributed by atoms with E-state index in [2.05, 4.69) is 20.0 Å². The fourth-order valence-corrected chi connectivity index (χ4v) is 6.42. The van der Waals surface area contributed by atoms with Gasteiger partial charge in [0.2, 0.25) is 5.95 Å². The highest BCUT2D eigenvalue weighted by Gasteiger charge is 2.54. The number of methoxy groups -OCH3 is 1. The summed E-state index contributed by atoms with van der Waals surface area (Å²) in [6.07, 6.45) is -2.96. The van der Waals surface area contributed by atoms with E-state index in [9.17, 15) is 29.2 Å². The minimum atomic E-state index is -4.27. The number of aliphatic hydroxyl groups excluding tert-OH is 1. The molecule has 0 aliphatic carbocycles. The highest BCUT2D eigenvalue weighted by molar-refractivity contribution is 8.13. The van der Waals surface area contributed by atoms with Crippen LogP contribution in [0.2, 0.25) is 0 Å². The molecule has 1 aliphatic heterocycles. The van der Waals surface area contributed by atoms with Crippen molar-refractivity contribution in [1.82, 2.24) is 24.6 Å². The van der Waals surface area contributed by atoms with Crippen LogP contribution in [0.3, 0.4) is 0 Å². The number of fused-ring (bicyclic) bond motifs is 1. The zero-order valence-electron chi connectivity index (χ0n) is 25.7. The molecule has 1 unspecified atom stereocenters. The third-order valence-electron chi connectivity index (χ3n) is 6.34. The fraction of sp³-hybridized carbons (Fsp3) is 0.720. The third kappa shape index (κ3) is 8.86. The molecular weight excluding hydrogens is 623 g/mol. The number of esters is 1. The first-order valence-electron chi connectivity index (χ1n) is 13.6. The molecule has 0 saturated carbocycles. The Labute approximate surface area is 258 Å². The maximum atomic E-state index is 13.7. The number of hydrogen-bond acceptors (Lipinski definition) is 15. The summed E-state index contributed by atoms with van der Waals surface area (Å²) in [6, 6.07) is 0. The zero-order chi connectivity index (χ0) is 33.1. The highest BCUT2D eigenvalue weighted by Crippen LogP contribution is 2.46. The number of aromatic nitrogens is 4. The number of aliphatic hydroxyl groups is 2. The first kappa shape index (κ1) is 36.1. The summed E-state index contributed by atoms with van der Waals surface area (Å²) in [5, 5.41) is 24.4. The second-order valence-corrected chi connectivity index (χ2v) is 14.9. The number of nitrogens with one attached hydrogen (secondary N) is 2. The van der Waals surface area contributed by atoms with E-state index >= 15 is 0 Å². The molecule has 17 nitrogen and oxygen atoms in total. The lowest BCUT2D eigenvalue weighted by atomic mass is 9.96. The van der Waals surface area contributed by atoms with E-state index in [0.717, 1.165) is 11.8 Å². The summed E-state index contributed by atoms with van der Waals surface area (Å²) in [5.74, 6) is -0.821. The van der Waals surface area contributed by atoms with Gasteiger partial charge in [0.05, 0.1) is 31.6 Å². The number of imidazole rings is 1. The number of nitrogens with zero attached hydrogens (tertiary/aromatic N) is 3. The summed E-state index contributed by atoms with van der Waals surface area (Å²) >= 11 is 0.956. The van der Waals surface area contributed by atoms with E-state index in [1.165, 1.54) is 24.9 Å². The number of anilines is 1. The zero-order valence-corrected chi connectivity index (χ0v) is 27.4. The first-order valence-corrected chi connectivity index (χ1v) is 16.1. The lowest BCUT2D eigenvalue weighted by molar-refractivity contribution is -0.153. The standard InChI is InChI=1S/C25H41N6O11PS/c1-23(2,3)42-15(32)10-28-43(37,39-8-9-44-21(35)24(4,5)12-38-7)40-11-14-17(33)25(6,36)20(41-14)31-13-27-16-18(31)29-22(26)30-19(16)34/h13-14,17,20,33,36H,8-12H2,1-7H3,(H,28,37)(H3,26,29,30,34)/t14-,17-,20-,25-,43?/m1/s1. The Balaban J connectivity index is 1.73. The maximum absolute atomic E-state index is 13.7.